The minimum Gasteiger partial charge on any atom is -0.456 e. The molecule has 0 unspecified atom stereocenters. The lowest BCUT2D eigenvalue weighted by Gasteiger charge is -2.25. The molecule has 3 heteroatoms. The fourth-order valence-corrected chi connectivity index (χ4v) is 6.37. The van der Waals surface area contributed by atoms with Gasteiger partial charge in [-0.05, 0) is 83.2 Å². The van der Waals surface area contributed by atoms with Gasteiger partial charge >= 0.3 is 0 Å². The highest BCUT2D eigenvalue weighted by Crippen LogP contribution is 2.40. The van der Waals surface area contributed by atoms with Crippen molar-refractivity contribution in [2.45, 2.75) is 0 Å². The third-order valence-electron chi connectivity index (χ3n) is 8.45. The van der Waals surface area contributed by atoms with Crippen molar-refractivity contribution in [1.29, 1.82) is 0 Å². The minimum atomic E-state index is 0.881. The van der Waals surface area contributed by atoms with Gasteiger partial charge < -0.3 is 13.7 Å². The van der Waals surface area contributed by atoms with Crippen LogP contribution >= 0.6 is 0 Å². The van der Waals surface area contributed by atoms with E-state index in [1.54, 1.807) is 0 Å². The van der Waals surface area contributed by atoms with Gasteiger partial charge in [-0.1, -0.05) is 78.9 Å². The number of fused-ring (bicyclic) bond motifs is 8. The summed E-state index contributed by atoms with van der Waals surface area (Å²) in [5.74, 6) is 0. The molecule has 3 nitrogen and oxygen atoms in total. The topological polar surface area (TPSA) is 29.5 Å². The molecule has 2 heterocycles. The third-order valence-corrected chi connectivity index (χ3v) is 8.45. The van der Waals surface area contributed by atoms with Gasteiger partial charge in [0.25, 0.3) is 0 Å². The van der Waals surface area contributed by atoms with Crippen LogP contribution in [0.5, 0.6) is 0 Å². The number of anilines is 3. The van der Waals surface area contributed by atoms with E-state index >= 15 is 0 Å². The minimum absolute atomic E-state index is 0.881. The van der Waals surface area contributed by atoms with E-state index in [0.717, 1.165) is 77.3 Å². The molecule has 0 aliphatic heterocycles. The molecule has 0 saturated carbocycles. The van der Waals surface area contributed by atoms with Crippen molar-refractivity contribution < 1.29 is 8.83 Å². The van der Waals surface area contributed by atoms with E-state index in [2.05, 4.69) is 126 Å². The second-order valence-corrected chi connectivity index (χ2v) is 11.0. The van der Waals surface area contributed by atoms with Gasteiger partial charge in [-0.3, -0.25) is 0 Å². The predicted octanol–water partition coefficient (Wildman–Crippen LogP) is 11.8. The van der Waals surface area contributed by atoms with E-state index in [9.17, 15) is 0 Å². The van der Waals surface area contributed by atoms with Crippen LogP contribution in [0.15, 0.2) is 160 Å². The van der Waals surface area contributed by atoms with Gasteiger partial charge in [0.1, 0.15) is 22.3 Å². The van der Waals surface area contributed by atoms with Crippen molar-refractivity contribution in [3.05, 3.63) is 152 Å². The first-order chi connectivity index (χ1) is 21.3. The lowest BCUT2D eigenvalue weighted by atomic mass is 9.99. The second-order valence-electron chi connectivity index (χ2n) is 11.0. The highest BCUT2D eigenvalue weighted by molar-refractivity contribution is 6.15. The van der Waals surface area contributed by atoms with E-state index in [-0.39, 0.29) is 0 Å². The molecule has 0 spiro atoms. The van der Waals surface area contributed by atoms with Crippen molar-refractivity contribution in [2.24, 2.45) is 0 Å². The first kappa shape index (κ1) is 23.9. The van der Waals surface area contributed by atoms with E-state index in [1.807, 2.05) is 30.3 Å². The molecule has 0 aliphatic carbocycles. The SMILES string of the molecule is c1ccc(N(c2ccc(-c3ccc4c(ccc5c6ccccc6oc45)c3)cc2)c2ccc3c(c2)oc2ccccc23)cc1. The monoisotopic (exact) mass is 551 g/mol. The molecule has 9 aromatic rings. The summed E-state index contributed by atoms with van der Waals surface area (Å²) in [7, 11) is 0. The molecule has 202 valence electrons. The van der Waals surface area contributed by atoms with Crippen molar-refractivity contribution in [1.82, 2.24) is 0 Å². The molecule has 0 N–H and O–H groups in total. The number of nitrogens with zero attached hydrogens (tertiary/aromatic N) is 1. The molecule has 0 bridgehead atoms. The van der Waals surface area contributed by atoms with Crippen LogP contribution in [0.2, 0.25) is 0 Å². The first-order valence-corrected chi connectivity index (χ1v) is 14.5. The summed E-state index contributed by atoms with van der Waals surface area (Å²) in [6.45, 7) is 0. The third kappa shape index (κ3) is 3.83. The molecule has 9 rings (SSSR count). The lowest BCUT2D eigenvalue weighted by molar-refractivity contribution is 0.669. The average Bonchev–Trinajstić information content (AvgIpc) is 3.64. The van der Waals surface area contributed by atoms with Crippen molar-refractivity contribution in [3.63, 3.8) is 0 Å². The average molecular weight is 552 g/mol. The Bertz CT molecular complexity index is 2450. The highest BCUT2D eigenvalue weighted by Gasteiger charge is 2.16. The standard InChI is InChI=1S/C40H25NO2/c1-2-8-29(9-3-1)41(31-20-23-35-33-10-4-6-12-37(33)42-39(35)25-31)30-18-14-26(15-19-30)27-16-21-32-28(24-27)17-22-36-34-11-5-7-13-38(34)43-40(32)36/h1-25H. The summed E-state index contributed by atoms with van der Waals surface area (Å²) < 4.78 is 12.5. The molecular weight excluding hydrogens is 526 g/mol. The van der Waals surface area contributed by atoms with Crippen LogP contribution in [0.1, 0.15) is 0 Å². The summed E-state index contributed by atoms with van der Waals surface area (Å²) >= 11 is 0. The maximum Gasteiger partial charge on any atom is 0.143 e. The Hall–Kier alpha value is -5.80. The van der Waals surface area contributed by atoms with Crippen LogP contribution in [0.3, 0.4) is 0 Å². The first-order valence-electron chi connectivity index (χ1n) is 14.5. The van der Waals surface area contributed by atoms with E-state index in [0.29, 0.717) is 0 Å². The number of furan rings is 2. The predicted molar refractivity (Wildman–Crippen MR) is 179 cm³/mol. The molecule has 0 saturated heterocycles. The van der Waals surface area contributed by atoms with Gasteiger partial charge in [-0.15, -0.1) is 0 Å². The number of hydrogen-bond acceptors (Lipinski definition) is 3. The molecule has 0 fully saturated rings. The zero-order valence-electron chi connectivity index (χ0n) is 23.2. The van der Waals surface area contributed by atoms with Gasteiger partial charge in [-0.25, -0.2) is 0 Å². The smallest absolute Gasteiger partial charge is 0.143 e. The normalized spacial score (nSPS) is 11.7. The zero-order chi connectivity index (χ0) is 28.3. The van der Waals surface area contributed by atoms with E-state index in [1.165, 1.54) is 5.56 Å². The molecular formula is C40H25NO2. The van der Waals surface area contributed by atoms with Crippen LogP contribution in [-0.4, -0.2) is 0 Å². The largest absolute Gasteiger partial charge is 0.456 e. The Kier molecular flexibility index (Phi) is 5.20. The van der Waals surface area contributed by atoms with Gasteiger partial charge in [-0.2, -0.15) is 0 Å². The van der Waals surface area contributed by atoms with Crippen molar-refractivity contribution in [3.8, 4) is 11.1 Å². The van der Waals surface area contributed by atoms with Crippen LogP contribution in [0.25, 0.3) is 65.8 Å². The van der Waals surface area contributed by atoms with Crippen molar-refractivity contribution in [2.75, 3.05) is 4.90 Å². The maximum atomic E-state index is 6.27. The summed E-state index contributed by atoms with van der Waals surface area (Å²) in [4.78, 5) is 2.27. The quantitative estimate of drug-likeness (QED) is 0.218. The summed E-state index contributed by atoms with van der Waals surface area (Å²) in [6.07, 6.45) is 0. The summed E-state index contributed by atoms with van der Waals surface area (Å²) in [5, 5.41) is 6.86. The van der Waals surface area contributed by atoms with E-state index in [4.69, 9.17) is 8.83 Å². The fourth-order valence-electron chi connectivity index (χ4n) is 6.37. The molecule has 0 radical (unpaired) electrons. The Balaban J connectivity index is 1.12. The van der Waals surface area contributed by atoms with Crippen LogP contribution in [-0.2, 0) is 0 Å². The Labute approximate surface area is 247 Å². The number of rotatable bonds is 4. The van der Waals surface area contributed by atoms with Crippen molar-refractivity contribution >= 4 is 71.7 Å². The van der Waals surface area contributed by atoms with E-state index < -0.39 is 0 Å². The number of para-hydroxylation sites is 3. The number of hydrogen-bond donors (Lipinski definition) is 0. The molecule has 7 aromatic carbocycles. The highest BCUT2D eigenvalue weighted by atomic mass is 16.3. The number of benzene rings is 7. The van der Waals surface area contributed by atoms with Gasteiger partial charge in [0.05, 0.1) is 0 Å². The molecule has 2 aromatic heterocycles. The fraction of sp³-hybridized carbons (Fsp3) is 0. The Morgan fingerprint density at radius 1 is 0.349 bits per heavy atom. The summed E-state index contributed by atoms with van der Waals surface area (Å²) in [5.41, 5.74) is 9.20. The lowest BCUT2D eigenvalue weighted by Crippen LogP contribution is -2.09. The molecule has 0 aliphatic rings. The molecule has 0 atom stereocenters. The van der Waals surface area contributed by atoms with Crippen LogP contribution < -0.4 is 4.90 Å². The molecule has 43 heavy (non-hydrogen) atoms. The summed E-state index contributed by atoms with van der Waals surface area (Å²) in [6, 6.07) is 53.2. The Morgan fingerprint density at radius 3 is 1.74 bits per heavy atom. The van der Waals surface area contributed by atoms with Gasteiger partial charge in [0.2, 0.25) is 0 Å². The Morgan fingerprint density at radius 2 is 0.930 bits per heavy atom. The van der Waals surface area contributed by atoms with Crippen LogP contribution in [0.4, 0.5) is 17.1 Å². The van der Waals surface area contributed by atoms with Gasteiger partial charge in [0, 0.05) is 50.1 Å². The maximum absolute atomic E-state index is 6.27. The zero-order valence-corrected chi connectivity index (χ0v) is 23.2. The second kappa shape index (κ2) is 9.37. The van der Waals surface area contributed by atoms with Crippen LogP contribution in [0, 0.1) is 0 Å². The van der Waals surface area contributed by atoms with Gasteiger partial charge in [0.15, 0.2) is 0 Å². The molecule has 0 amide bonds.